The number of nitrogens with one attached hydrogen (secondary N) is 1. The van der Waals surface area contributed by atoms with E-state index in [1.165, 1.54) is 12.1 Å². The summed E-state index contributed by atoms with van der Waals surface area (Å²) >= 11 is 2.10. The first-order valence-corrected chi connectivity index (χ1v) is 7.34. The Morgan fingerprint density at radius 3 is 2.95 bits per heavy atom. The first kappa shape index (κ1) is 14.5. The van der Waals surface area contributed by atoms with Gasteiger partial charge in [0.2, 0.25) is 5.89 Å². The highest BCUT2D eigenvalue weighted by atomic mass is 127. The van der Waals surface area contributed by atoms with Crippen molar-refractivity contribution >= 4 is 22.6 Å². The van der Waals surface area contributed by atoms with Gasteiger partial charge in [-0.3, -0.25) is 0 Å². The molecule has 19 heavy (non-hydrogen) atoms. The maximum absolute atomic E-state index is 13.1. The molecule has 0 radical (unpaired) electrons. The van der Waals surface area contributed by atoms with Gasteiger partial charge in [0, 0.05) is 9.13 Å². The van der Waals surface area contributed by atoms with Crippen LogP contribution in [-0.2, 0) is 0 Å². The summed E-state index contributed by atoms with van der Waals surface area (Å²) in [5.41, 5.74) is 0.864. The molecule has 0 bridgehead atoms. The number of nitrogens with zero attached hydrogens (tertiary/aromatic N) is 1. The zero-order chi connectivity index (χ0) is 13.8. The first-order chi connectivity index (χ1) is 9.11. The van der Waals surface area contributed by atoms with E-state index < -0.39 is 0 Å². The van der Waals surface area contributed by atoms with Crippen LogP contribution in [0.1, 0.15) is 32.2 Å². The third kappa shape index (κ3) is 3.54. The molecule has 102 valence electrons. The van der Waals surface area contributed by atoms with Crippen molar-refractivity contribution in [1.29, 1.82) is 0 Å². The lowest BCUT2D eigenvalue weighted by atomic mass is 10.2. The van der Waals surface area contributed by atoms with E-state index in [4.69, 9.17) is 4.42 Å². The fraction of sp³-hybridized carbons (Fsp3) is 0.357. The molecule has 0 amide bonds. The summed E-state index contributed by atoms with van der Waals surface area (Å²) in [6.45, 7) is 5.05. The van der Waals surface area contributed by atoms with Crippen LogP contribution in [0.25, 0.3) is 11.3 Å². The Hall–Kier alpha value is -0.950. The summed E-state index contributed by atoms with van der Waals surface area (Å²) in [5.74, 6) is 1.08. The summed E-state index contributed by atoms with van der Waals surface area (Å²) in [4.78, 5) is 4.28. The Bertz CT molecular complexity index is 556. The van der Waals surface area contributed by atoms with Crippen molar-refractivity contribution < 1.29 is 8.81 Å². The van der Waals surface area contributed by atoms with Gasteiger partial charge in [-0.15, -0.1) is 0 Å². The van der Waals surface area contributed by atoms with Crippen LogP contribution in [0.3, 0.4) is 0 Å². The van der Waals surface area contributed by atoms with Crippen LogP contribution in [0.2, 0.25) is 0 Å². The SMILES string of the molecule is CCCNC(C)c1ncc(-c2ccc(F)cc2I)o1. The molecule has 1 heterocycles. The quantitative estimate of drug-likeness (QED) is 0.800. The van der Waals surface area contributed by atoms with Gasteiger partial charge < -0.3 is 9.73 Å². The van der Waals surface area contributed by atoms with Crippen molar-refractivity contribution in [3.8, 4) is 11.3 Å². The second-order valence-corrected chi connectivity index (χ2v) is 5.52. The van der Waals surface area contributed by atoms with Crippen molar-refractivity contribution in [3.05, 3.63) is 39.7 Å². The fourth-order valence-corrected chi connectivity index (χ4v) is 2.49. The lowest BCUT2D eigenvalue weighted by molar-refractivity contribution is 0.423. The number of hydrogen-bond donors (Lipinski definition) is 1. The molecule has 0 saturated heterocycles. The number of oxazole rings is 1. The molecule has 0 aliphatic carbocycles. The maximum Gasteiger partial charge on any atom is 0.211 e. The number of benzene rings is 1. The standard InChI is InChI=1S/C14H16FIN2O/c1-3-6-17-9(2)14-18-8-13(19-14)11-5-4-10(15)7-12(11)16/h4-5,7-9,17H,3,6H2,1-2H3. The van der Waals surface area contributed by atoms with E-state index in [1.54, 1.807) is 12.3 Å². The summed E-state index contributed by atoms with van der Waals surface area (Å²) in [7, 11) is 0. The molecule has 1 aromatic heterocycles. The normalized spacial score (nSPS) is 12.6. The van der Waals surface area contributed by atoms with Gasteiger partial charge >= 0.3 is 0 Å². The van der Waals surface area contributed by atoms with Crippen molar-refractivity contribution in [2.24, 2.45) is 0 Å². The van der Waals surface area contributed by atoms with Crippen molar-refractivity contribution in [1.82, 2.24) is 10.3 Å². The minimum absolute atomic E-state index is 0.0757. The smallest absolute Gasteiger partial charge is 0.211 e. The molecule has 1 aromatic carbocycles. The Balaban J connectivity index is 2.20. The molecule has 1 N–H and O–H groups in total. The third-order valence-corrected chi connectivity index (χ3v) is 3.68. The minimum atomic E-state index is -0.245. The predicted octanol–water partition coefficient (Wildman–Crippen LogP) is 4.15. The molecule has 0 aliphatic heterocycles. The molecular weight excluding hydrogens is 358 g/mol. The molecule has 0 aliphatic rings. The van der Waals surface area contributed by atoms with Gasteiger partial charge in [0.25, 0.3) is 0 Å². The van der Waals surface area contributed by atoms with Crippen molar-refractivity contribution in [3.63, 3.8) is 0 Å². The van der Waals surface area contributed by atoms with Crippen LogP contribution in [0, 0.1) is 9.39 Å². The van der Waals surface area contributed by atoms with E-state index in [1.807, 2.05) is 6.92 Å². The van der Waals surface area contributed by atoms with Crippen LogP contribution < -0.4 is 5.32 Å². The average Bonchev–Trinajstić information content (AvgIpc) is 2.85. The molecular formula is C14H16FIN2O. The van der Waals surface area contributed by atoms with Gasteiger partial charge in [-0.25, -0.2) is 9.37 Å². The van der Waals surface area contributed by atoms with Crippen LogP contribution >= 0.6 is 22.6 Å². The molecule has 2 rings (SSSR count). The largest absolute Gasteiger partial charge is 0.439 e. The number of rotatable bonds is 5. The molecule has 3 nitrogen and oxygen atoms in total. The molecule has 1 unspecified atom stereocenters. The molecule has 5 heteroatoms. The van der Waals surface area contributed by atoms with Crippen molar-refractivity contribution in [2.45, 2.75) is 26.3 Å². The Kier molecular flexibility index (Phi) is 4.93. The van der Waals surface area contributed by atoms with Gasteiger partial charge in [0.1, 0.15) is 5.82 Å². The Morgan fingerprint density at radius 1 is 1.47 bits per heavy atom. The summed E-state index contributed by atoms with van der Waals surface area (Å²) in [6.07, 6.45) is 2.75. The monoisotopic (exact) mass is 374 g/mol. The minimum Gasteiger partial charge on any atom is -0.439 e. The summed E-state index contributed by atoms with van der Waals surface area (Å²) in [6, 6.07) is 4.70. The number of hydrogen-bond acceptors (Lipinski definition) is 3. The highest BCUT2D eigenvalue weighted by Gasteiger charge is 2.14. The second-order valence-electron chi connectivity index (χ2n) is 4.36. The summed E-state index contributed by atoms with van der Waals surface area (Å²) in [5, 5.41) is 3.32. The Morgan fingerprint density at radius 2 is 2.26 bits per heavy atom. The second kappa shape index (κ2) is 6.47. The first-order valence-electron chi connectivity index (χ1n) is 6.26. The molecule has 0 fully saturated rings. The Labute approximate surface area is 125 Å². The lowest BCUT2D eigenvalue weighted by Gasteiger charge is -2.08. The lowest BCUT2D eigenvalue weighted by Crippen LogP contribution is -2.19. The van der Waals surface area contributed by atoms with Crippen LogP contribution in [-0.4, -0.2) is 11.5 Å². The van der Waals surface area contributed by atoms with E-state index >= 15 is 0 Å². The molecule has 0 saturated carbocycles. The van der Waals surface area contributed by atoms with Gasteiger partial charge in [0.15, 0.2) is 5.76 Å². The fourth-order valence-electron chi connectivity index (χ4n) is 1.75. The van der Waals surface area contributed by atoms with Gasteiger partial charge in [0.05, 0.1) is 12.2 Å². The zero-order valence-electron chi connectivity index (χ0n) is 10.9. The van der Waals surface area contributed by atoms with E-state index in [0.29, 0.717) is 11.7 Å². The molecule has 0 spiro atoms. The van der Waals surface area contributed by atoms with Gasteiger partial charge in [-0.05, 0) is 60.7 Å². The van der Waals surface area contributed by atoms with Gasteiger partial charge in [-0.2, -0.15) is 0 Å². The predicted molar refractivity (Wildman–Crippen MR) is 81.3 cm³/mol. The average molecular weight is 374 g/mol. The van der Waals surface area contributed by atoms with E-state index in [2.05, 4.69) is 39.8 Å². The van der Waals surface area contributed by atoms with Crippen molar-refractivity contribution in [2.75, 3.05) is 6.54 Å². The highest BCUT2D eigenvalue weighted by molar-refractivity contribution is 14.1. The van der Waals surface area contributed by atoms with Gasteiger partial charge in [-0.1, -0.05) is 6.92 Å². The third-order valence-electron chi connectivity index (χ3n) is 2.79. The van der Waals surface area contributed by atoms with E-state index in [9.17, 15) is 4.39 Å². The molecule has 2 aromatic rings. The van der Waals surface area contributed by atoms with Crippen LogP contribution in [0.4, 0.5) is 4.39 Å². The number of aromatic nitrogens is 1. The zero-order valence-corrected chi connectivity index (χ0v) is 13.1. The van der Waals surface area contributed by atoms with Crippen LogP contribution in [0.15, 0.2) is 28.8 Å². The van der Waals surface area contributed by atoms with E-state index in [-0.39, 0.29) is 11.9 Å². The van der Waals surface area contributed by atoms with E-state index in [0.717, 1.165) is 22.1 Å². The molecule has 1 atom stereocenters. The summed E-state index contributed by atoms with van der Waals surface area (Å²) < 4.78 is 19.6. The highest BCUT2D eigenvalue weighted by Crippen LogP contribution is 2.27. The van der Waals surface area contributed by atoms with Crippen LogP contribution in [0.5, 0.6) is 0 Å². The topological polar surface area (TPSA) is 38.1 Å². The number of halogens is 2. The maximum atomic E-state index is 13.1.